The number of aromatic hydroxyl groups is 4. The van der Waals surface area contributed by atoms with E-state index in [1.54, 1.807) is 41.5 Å². The van der Waals surface area contributed by atoms with Crippen LogP contribution >= 0.6 is 0 Å². The first-order valence-corrected chi connectivity index (χ1v) is 9.22. The molecule has 0 atom stereocenters. The molecule has 0 unspecified atom stereocenters. The number of phenols is 4. The molecule has 0 radical (unpaired) electrons. The molecule has 0 saturated carbocycles. The van der Waals surface area contributed by atoms with E-state index in [0.29, 0.717) is 44.5 Å². The molecule has 0 aliphatic carbocycles. The fourth-order valence-electron chi connectivity index (χ4n) is 3.75. The van der Waals surface area contributed by atoms with Crippen molar-refractivity contribution in [3.63, 3.8) is 0 Å². The second kappa shape index (κ2) is 6.79. The SMILES string of the molecule is Cc1c(C)c(O)c(-c2ccc(-c3c(C)c(O)c(C)c(C)c3O)cc2)c(C)c1O. The maximum Gasteiger partial charge on any atom is 0.127 e. The Morgan fingerprint density at radius 1 is 0.393 bits per heavy atom. The van der Waals surface area contributed by atoms with Gasteiger partial charge in [-0.15, -0.1) is 0 Å². The Balaban J connectivity index is 2.18. The normalized spacial score (nSPS) is 11.1. The van der Waals surface area contributed by atoms with Gasteiger partial charge in [0.25, 0.3) is 0 Å². The lowest BCUT2D eigenvalue weighted by Crippen LogP contribution is -1.94. The van der Waals surface area contributed by atoms with E-state index in [0.717, 1.165) is 11.1 Å². The topological polar surface area (TPSA) is 80.9 Å². The molecule has 0 aliphatic heterocycles. The largest absolute Gasteiger partial charge is 0.507 e. The molecule has 3 aromatic rings. The molecule has 0 aliphatic rings. The van der Waals surface area contributed by atoms with Crippen molar-refractivity contribution in [3.8, 4) is 45.3 Å². The number of phenolic OH excluding ortho intramolecular Hbond substituents is 4. The van der Waals surface area contributed by atoms with Crippen molar-refractivity contribution < 1.29 is 20.4 Å². The van der Waals surface area contributed by atoms with Crippen LogP contribution in [-0.2, 0) is 0 Å². The minimum absolute atomic E-state index is 0.156. The zero-order valence-electron chi connectivity index (χ0n) is 17.1. The zero-order chi connectivity index (χ0) is 20.9. The van der Waals surface area contributed by atoms with Crippen molar-refractivity contribution in [1.29, 1.82) is 0 Å². The molecule has 3 rings (SSSR count). The minimum Gasteiger partial charge on any atom is -0.507 e. The van der Waals surface area contributed by atoms with Crippen LogP contribution in [0.2, 0.25) is 0 Å². The van der Waals surface area contributed by atoms with E-state index in [1.165, 1.54) is 0 Å². The van der Waals surface area contributed by atoms with E-state index in [4.69, 9.17) is 0 Å². The van der Waals surface area contributed by atoms with E-state index in [-0.39, 0.29) is 23.0 Å². The molecular formula is C24H26O4. The molecule has 4 heteroatoms. The van der Waals surface area contributed by atoms with Crippen LogP contribution in [0.4, 0.5) is 0 Å². The second-order valence-corrected chi connectivity index (χ2v) is 7.47. The van der Waals surface area contributed by atoms with E-state index in [9.17, 15) is 20.4 Å². The Morgan fingerprint density at radius 3 is 0.929 bits per heavy atom. The monoisotopic (exact) mass is 378 g/mol. The van der Waals surface area contributed by atoms with Crippen molar-refractivity contribution in [3.05, 3.63) is 57.6 Å². The summed E-state index contributed by atoms with van der Waals surface area (Å²) in [7, 11) is 0. The van der Waals surface area contributed by atoms with Gasteiger partial charge in [-0.05, 0) is 74.9 Å². The molecule has 0 fully saturated rings. The predicted molar refractivity (Wildman–Crippen MR) is 112 cm³/mol. The van der Waals surface area contributed by atoms with Gasteiger partial charge < -0.3 is 20.4 Å². The molecule has 4 nitrogen and oxygen atoms in total. The summed E-state index contributed by atoms with van der Waals surface area (Å²) in [6.07, 6.45) is 0. The van der Waals surface area contributed by atoms with Crippen LogP contribution in [0.3, 0.4) is 0 Å². The quantitative estimate of drug-likeness (QED) is 0.432. The highest BCUT2D eigenvalue weighted by Gasteiger charge is 2.20. The summed E-state index contributed by atoms with van der Waals surface area (Å²) in [5.74, 6) is 0.677. The van der Waals surface area contributed by atoms with Crippen LogP contribution in [0, 0.1) is 41.5 Å². The fourth-order valence-corrected chi connectivity index (χ4v) is 3.75. The average molecular weight is 378 g/mol. The lowest BCUT2D eigenvalue weighted by molar-refractivity contribution is 0.451. The van der Waals surface area contributed by atoms with Crippen LogP contribution in [0.25, 0.3) is 22.3 Å². The summed E-state index contributed by atoms with van der Waals surface area (Å²) < 4.78 is 0. The van der Waals surface area contributed by atoms with Crippen molar-refractivity contribution in [1.82, 2.24) is 0 Å². The Kier molecular flexibility index (Phi) is 4.76. The smallest absolute Gasteiger partial charge is 0.127 e. The van der Waals surface area contributed by atoms with Crippen molar-refractivity contribution >= 4 is 0 Å². The van der Waals surface area contributed by atoms with Gasteiger partial charge in [-0.2, -0.15) is 0 Å². The highest BCUT2D eigenvalue weighted by atomic mass is 16.3. The molecule has 0 amide bonds. The molecule has 3 aromatic carbocycles. The first kappa shape index (κ1) is 19.6. The Hall–Kier alpha value is -3.14. The maximum absolute atomic E-state index is 10.6. The molecule has 4 N–H and O–H groups in total. The molecule has 0 aromatic heterocycles. The number of benzene rings is 3. The Labute approximate surface area is 165 Å². The first-order valence-electron chi connectivity index (χ1n) is 9.22. The number of hydrogen-bond acceptors (Lipinski definition) is 4. The zero-order valence-corrected chi connectivity index (χ0v) is 17.1. The third-order valence-electron chi connectivity index (χ3n) is 5.94. The minimum atomic E-state index is 0.156. The van der Waals surface area contributed by atoms with Gasteiger partial charge in [-0.25, -0.2) is 0 Å². The van der Waals surface area contributed by atoms with Gasteiger partial charge in [0.1, 0.15) is 23.0 Å². The summed E-state index contributed by atoms with van der Waals surface area (Å²) >= 11 is 0. The van der Waals surface area contributed by atoms with E-state index < -0.39 is 0 Å². The second-order valence-electron chi connectivity index (χ2n) is 7.47. The maximum atomic E-state index is 10.6. The molecule has 28 heavy (non-hydrogen) atoms. The van der Waals surface area contributed by atoms with Gasteiger partial charge >= 0.3 is 0 Å². The van der Waals surface area contributed by atoms with Gasteiger partial charge in [-0.1, -0.05) is 24.3 Å². The van der Waals surface area contributed by atoms with Crippen molar-refractivity contribution in [2.45, 2.75) is 41.5 Å². The summed E-state index contributed by atoms with van der Waals surface area (Å²) in [4.78, 5) is 0. The predicted octanol–water partition coefficient (Wildman–Crippen LogP) is 5.69. The molecular weight excluding hydrogens is 352 g/mol. The van der Waals surface area contributed by atoms with Gasteiger partial charge in [0.15, 0.2) is 0 Å². The van der Waals surface area contributed by atoms with Crippen LogP contribution < -0.4 is 0 Å². The van der Waals surface area contributed by atoms with Gasteiger partial charge in [0.2, 0.25) is 0 Å². The average Bonchev–Trinajstić information content (AvgIpc) is 2.69. The van der Waals surface area contributed by atoms with Crippen LogP contribution in [0.15, 0.2) is 24.3 Å². The molecule has 146 valence electrons. The lowest BCUT2D eigenvalue weighted by Gasteiger charge is -2.18. The highest BCUT2D eigenvalue weighted by molar-refractivity contribution is 5.83. The van der Waals surface area contributed by atoms with Crippen LogP contribution in [0.5, 0.6) is 23.0 Å². The Morgan fingerprint density at radius 2 is 0.643 bits per heavy atom. The van der Waals surface area contributed by atoms with Gasteiger partial charge in [0.05, 0.1) is 0 Å². The van der Waals surface area contributed by atoms with E-state index >= 15 is 0 Å². The third-order valence-corrected chi connectivity index (χ3v) is 5.94. The number of rotatable bonds is 2. The number of hydrogen-bond donors (Lipinski definition) is 4. The fraction of sp³-hybridized carbons (Fsp3) is 0.250. The lowest BCUT2D eigenvalue weighted by atomic mass is 9.90. The Bertz CT molecular complexity index is 947. The molecule has 0 saturated heterocycles. The summed E-state index contributed by atoms with van der Waals surface area (Å²) in [5.41, 5.74) is 6.59. The van der Waals surface area contributed by atoms with Crippen LogP contribution in [-0.4, -0.2) is 20.4 Å². The van der Waals surface area contributed by atoms with E-state index in [1.807, 2.05) is 24.3 Å². The summed E-state index contributed by atoms with van der Waals surface area (Å²) in [5, 5.41) is 42.0. The summed E-state index contributed by atoms with van der Waals surface area (Å²) in [6.45, 7) is 10.7. The highest BCUT2D eigenvalue weighted by Crippen LogP contribution is 2.45. The van der Waals surface area contributed by atoms with Crippen molar-refractivity contribution in [2.24, 2.45) is 0 Å². The molecule has 0 spiro atoms. The van der Waals surface area contributed by atoms with E-state index in [2.05, 4.69) is 0 Å². The van der Waals surface area contributed by atoms with Gasteiger partial charge in [0, 0.05) is 22.3 Å². The molecule has 0 bridgehead atoms. The standard InChI is InChI=1S/C24H26O4/c1-11-13(3)23(27)19(15(5)21(11)25)17-7-9-18(10-8-17)20-16(6)22(26)12(2)14(4)24(20)28/h7-10,25-28H,1-6H3. The van der Waals surface area contributed by atoms with Crippen molar-refractivity contribution in [2.75, 3.05) is 0 Å². The first-order chi connectivity index (χ1) is 13.1. The summed E-state index contributed by atoms with van der Waals surface area (Å²) in [6, 6.07) is 7.38. The van der Waals surface area contributed by atoms with Crippen LogP contribution in [0.1, 0.15) is 33.4 Å². The molecule has 0 heterocycles. The third kappa shape index (κ3) is 2.76. The van der Waals surface area contributed by atoms with Gasteiger partial charge in [-0.3, -0.25) is 0 Å².